The molecule has 116 valence electrons. The zero-order valence-electron chi connectivity index (χ0n) is 12.7. The standard InChI is InChI=1S/C19H17NOS2/c21-19(16-9-5-11-23-16)14-12-20-18(13-6-2-1-3-7-13)17(14)15-8-4-10-22-15/h4-6,8-12,20H,1-3,7H2. The average Bonchev–Trinajstić information content (AvgIpc) is 3.34. The number of thiophene rings is 2. The Kier molecular flexibility index (Phi) is 4.02. The van der Waals surface area contributed by atoms with Gasteiger partial charge in [0.2, 0.25) is 5.78 Å². The summed E-state index contributed by atoms with van der Waals surface area (Å²) >= 11 is 3.19. The van der Waals surface area contributed by atoms with E-state index in [1.54, 1.807) is 11.3 Å². The van der Waals surface area contributed by atoms with Crippen molar-refractivity contribution in [2.75, 3.05) is 0 Å². The summed E-state index contributed by atoms with van der Waals surface area (Å²) in [4.78, 5) is 18.2. The summed E-state index contributed by atoms with van der Waals surface area (Å²) in [6.07, 6.45) is 8.92. The second-order valence-corrected chi connectivity index (χ2v) is 7.61. The lowest BCUT2D eigenvalue weighted by atomic mass is 9.93. The molecule has 0 aliphatic heterocycles. The van der Waals surface area contributed by atoms with Crippen LogP contribution in [0.1, 0.15) is 46.6 Å². The van der Waals surface area contributed by atoms with Crippen LogP contribution in [0.25, 0.3) is 16.0 Å². The minimum atomic E-state index is 0.113. The predicted octanol–water partition coefficient (Wildman–Crippen LogP) is 5.99. The first-order valence-electron chi connectivity index (χ1n) is 7.87. The molecule has 4 rings (SSSR count). The summed E-state index contributed by atoms with van der Waals surface area (Å²) in [5.74, 6) is 0.113. The summed E-state index contributed by atoms with van der Waals surface area (Å²) in [7, 11) is 0. The van der Waals surface area contributed by atoms with Gasteiger partial charge in [-0.3, -0.25) is 4.79 Å². The molecule has 23 heavy (non-hydrogen) atoms. The maximum absolute atomic E-state index is 12.9. The number of carbonyl (C=O) groups is 1. The SMILES string of the molecule is O=C(c1cccs1)c1c[nH]c(C2=CCCCC2)c1-c1cccs1. The van der Waals surface area contributed by atoms with E-state index < -0.39 is 0 Å². The highest BCUT2D eigenvalue weighted by Gasteiger charge is 2.23. The molecule has 0 saturated heterocycles. The lowest BCUT2D eigenvalue weighted by Gasteiger charge is -2.13. The smallest absolute Gasteiger partial charge is 0.205 e. The van der Waals surface area contributed by atoms with E-state index in [0.29, 0.717) is 0 Å². The summed E-state index contributed by atoms with van der Waals surface area (Å²) in [6, 6.07) is 7.98. The van der Waals surface area contributed by atoms with Gasteiger partial charge >= 0.3 is 0 Å². The number of carbonyl (C=O) groups excluding carboxylic acids is 1. The molecule has 0 unspecified atom stereocenters. The van der Waals surface area contributed by atoms with Crippen LogP contribution in [-0.4, -0.2) is 10.8 Å². The first-order valence-corrected chi connectivity index (χ1v) is 9.63. The van der Waals surface area contributed by atoms with Crippen LogP contribution in [0.2, 0.25) is 0 Å². The first kappa shape index (κ1) is 14.7. The summed E-state index contributed by atoms with van der Waals surface area (Å²) in [6.45, 7) is 0. The van der Waals surface area contributed by atoms with Gasteiger partial charge in [0.05, 0.1) is 16.1 Å². The van der Waals surface area contributed by atoms with Crippen molar-refractivity contribution in [2.45, 2.75) is 25.7 Å². The zero-order chi connectivity index (χ0) is 15.6. The van der Waals surface area contributed by atoms with Gasteiger partial charge in [-0.25, -0.2) is 0 Å². The summed E-state index contributed by atoms with van der Waals surface area (Å²) in [5, 5.41) is 4.02. The highest BCUT2D eigenvalue weighted by molar-refractivity contribution is 7.13. The lowest BCUT2D eigenvalue weighted by Crippen LogP contribution is -2.00. The fourth-order valence-corrected chi connectivity index (χ4v) is 4.61. The highest BCUT2D eigenvalue weighted by atomic mass is 32.1. The van der Waals surface area contributed by atoms with Crippen molar-refractivity contribution in [1.29, 1.82) is 0 Å². The molecule has 0 radical (unpaired) electrons. The maximum Gasteiger partial charge on any atom is 0.205 e. The highest BCUT2D eigenvalue weighted by Crippen LogP contribution is 2.39. The van der Waals surface area contributed by atoms with Gasteiger partial charge in [-0.05, 0) is 54.1 Å². The van der Waals surface area contributed by atoms with Crippen molar-refractivity contribution >= 4 is 34.0 Å². The molecule has 3 aromatic rings. The zero-order valence-corrected chi connectivity index (χ0v) is 14.3. The van der Waals surface area contributed by atoms with Crippen LogP contribution in [0.4, 0.5) is 0 Å². The van der Waals surface area contributed by atoms with Crippen LogP contribution < -0.4 is 0 Å². The van der Waals surface area contributed by atoms with E-state index in [1.807, 2.05) is 29.8 Å². The molecule has 2 nitrogen and oxygen atoms in total. The number of aromatic nitrogens is 1. The normalized spacial score (nSPS) is 14.7. The molecular weight excluding hydrogens is 322 g/mol. The summed E-state index contributed by atoms with van der Waals surface area (Å²) in [5.41, 5.74) is 4.35. The van der Waals surface area contributed by atoms with E-state index in [-0.39, 0.29) is 5.78 Å². The summed E-state index contributed by atoms with van der Waals surface area (Å²) < 4.78 is 0. The molecule has 3 heterocycles. The monoisotopic (exact) mass is 339 g/mol. The fourth-order valence-electron chi connectivity index (χ4n) is 3.14. The van der Waals surface area contributed by atoms with E-state index in [4.69, 9.17) is 0 Å². The molecule has 0 amide bonds. The van der Waals surface area contributed by atoms with E-state index in [2.05, 4.69) is 22.5 Å². The maximum atomic E-state index is 12.9. The lowest BCUT2D eigenvalue weighted by molar-refractivity contribution is 0.104. The third kappa shape index (κ3) is 2.73. The second-order valence-electron chi connectivity index (χ2n) is 5.71. The topological polar surface area (TPSA) is 32.9 Å². The number of rotatable bonds is 4. The van der Waals surface area contributed by atoms with Gasteiger partial charge in [-0.2, -0.15) is 0 Å². The van der Waals surface area contributed by atoms with Crippen LogP contribution in [0.3, 0.4) is 0 Å². The van der Waals surface area contributed by atoms with Crippen molar-refractivity contribution < 1.29 is 4.79 Å². The van der Waals surface area contributed by atoms with E-state index in [1.165, 1.54) is 29.8 Å². The minimum Gasteiger partial charge on any atom is -0.360 e. The number of allylic oxidation sites excluding steroid dienone is 2. The largest absolute Gasteiger partial charge is 0.360 e. The number of H-pyrrole nitrogens is 1. The molecule has 0 aromatic carbocycles. The molecule has 1 N–H and O–H groups in total. The molecule has 4 heteroatoms. The van der Waals surface area contributed by atoms with E-state index in [0.717, 1.165) is 39.4 Å². The number of hydrogen-bond donors (Lipinski definition) is 1. The van der Waals surface area contributed by atoms with Crippen LogP contribution >= 0.6 is 22.7 Å². The van der Waals surface area contributed by atoms with Crippen LogP contribution in [0.5, 0.6) is 0 Å². The van der Waals surface area contributed by atoms with Crippen molar-refractivity contribution in [3.8, 4) is 10.4 Å². The first-order chi connectivity index (χ1) is 11.3. The number of hydrogen-bond acceptors (Lipinski definition) is 3. The number of aromatic amines is 1. The van der Waals surface area contributed by atoms with Gasteiger partial charge in [0.25, 0.3) is 0 Å². The third-order valence-corrected chi connectivity index (χ3v) is 6.01. The van der Waals surface area contributed by atoms with Crippen molar-refractivity contribution in [3.63, 3.8) is 0 Å². The molecule has 1 aliphatic rings. The van der Waals surface area contributed by atoms with E-state index in [9.17, 15) is 4.79 Å². The average molecular weight is 339 g/mol. The Balaban J connectivity index is 1.85. The Labute approximate surface area is 143 Å². The van der Waals surface area contributed by atoms with Gasteiger partial charge in [-0.15, -0.1) is 22.7 Å². The van der Waals surface area contributed by atoms with Crippen LogP contribution in [-0.2, 0) is 0 Å². The van der Waals surface area contributed by atoms with Crippen LogP contribution in [0, 0.1) is 0 Å². The Morgan fingerprint density at radius 2 is 1.96 bits per heavy atom. The molecule has 1 aliphatic carbocycles. The Morgan fingerprint density at radius 1 is 1.09 bits per heavy atom. The second kappa shape index (κ2) is 6.30. The minimum absolute atomic E-state index is 0.113. The van der Waals surface area contributed by atoms with Gasteiger partial charge in [0.15, 0.2) is 0 Å². The predicted molar refractivity (Wildman–Crippen MR) is 98.3 cm³/mol. The van der Waals surface area contributed by atoms with Crippen molar-refractivity contribution in [2.24, 2.45) is 0 Å². The van der Waals surface area contributed by atoms with Gasteiger partial charge in [0.1, 0.15) is 0 Å². The van der Waals surface area contributed by atoms with Crippen molar-refractivity contribution in [3.05, 3.63) is 63.4 Å². The van der Waals surface area contributed by atoms with E-state index >= 15 is 0 Å². The van der Waals surface area contributed by atoms with Gasteiger partial charge in [0, 0.05) is 16.6 Å². The molecule has 0 fully saturated rings. The van der Waals surface area contributed by atoms with Crippen molar-refractivity contribution in [1.82, 2.24) is 4.98 Å². The Hall–Kier alpha value is -1.91. The molecule has 0 bridgehead atoms. The number of ketones is 1. The Morgan fingerprint density at radius 3 is 2.65 bits per heavy atom. The third-order valence-electron chi connectivity index (χ3n) is 4.25. The van der Waals surface area contributed by atoms with Crippen LogP contribution in [0.15, 0.2) is 47.3 Å². The molecule has 0 spiro atoms. The fraction of sp³-hybridized carbons (Fsp3) is 0.211. The molecular formula is C19H17NOS2. The Bertz CT molecular complexity index is 838. The van der Waals surface area contributed by atoms with Gasteiger partial charge < -0.3 is 4.98 Å². The molecule has 3 aromatic heterocycles. The van der Waals surface area contributed by atoms with Gasteiger partial charge in [-0.1, -0.05) is 18.2 Å². The number of nitrogens with one attached hydrogen (secondary N) is 1. The quantitative estimate of drug-likeness (QED) is 0.582. The molecule has 0 saturated carbocycles. The molecule has 0 atom stereocenters.